The molecule has 2 unspecified atom stereocenters. The average Bonchev–Trinajstić information content (AvgIpc) is 0.673. The molecule has 0 aromatic heterocycles. The summed E-state index contributed by atoms with van der Waals surface area (Å²) in [6, 6.07) is 0. The fourth-order valence-corrected chi connectivity index (χ4v) is 17.6. The van der Waals surface area contributed by atoms with Gasteiger partial charge in [0.2, 0.25) is 6.29 Å². The zero-order valence-corrected chi connectivity index (χ0v) is 49.6. The highest BCUT2D eigenvalue weighted by atomic mass is 16.8. The Balaban J connectivity index is 0.880. The van der Waals surface area contributed by atoms with E-state index in [4.69, 9.17) is 47.4 Å². The van der Waals surface area contributed by atoms with Crippen LogP contribution in [0.25, 0.3) is 0 Å². The molecule has 0 spiro atoms. The van der Waals surface area contributed by atoms with Gasteiger partial charge < -0.3 is 134 Å². The molecule has 28 heteroatoms. The van der Waals surface area contributed by atoms with Crippen LogP contribution < -0.4 is 0 Å². The van der Waals surface area contributed by atoms with E-state index in [0.29, 0.717) is 32.1 Å². The van der Waals surface area contributed by atoms with Gasteiger partial charge in [0.1, 0.15) is 103 Å². The number of esters is 1. The second kappa shape index (κ2) is 24.6. The second-order valence-corrected chi connectivity index (χ2v) is 28.3. The van der Waals surface area contributed by atoms with E-state index in [1.54, 1.807) is 6.92 Å². The van der Waals surface area contributed by atoms with Gasteiger partial charge in [0.25, 0.3) is 0 Å². The van der Waals surface area contributed by atoms with Crippen molar-refractivity contribution in [2.45, 2.75) is 259 Å². The fraction of sp³-hybridized carbons (Fsp3) is 0.948. The number of rotatable bonds is 13. The summed E-state index contributed by atoms with van der Waals surface area (Å²) < 4.78 is 58.9. The van der Waals surface area contributed by atoms with Gasteiger partial charge in [-0.25, -0.2) is 0 Å². The number of carbonyl (C=O) groups is 1. The molecule has 0 bridgehead atoms. The lowest BCUT2D eigenvalue weighted by Crippen LogP contribution is -2.71. The first-order chi connectivity index (χ1) is 40.3. The molecule has 0 aromatic rings. The minimum absolute atomic E-state index is 0.0989. The molecular formula is C58H94O28. The summed E-state index contributed by atoms with van der Waals surface area (Å²) in [6.07, 6.45) is -37.2. The van der Waals surface area contributed by atoms with Crippen molar-refractivity contribution in [3.8, 4) is 0 Å². The van der Waals surface area contributed by atoms with E-state index in [-0.39, 0.29) is 36.5 Å². The Kier molecular flexibility index (Phi) is 19.2. The first kappa shape index (κ1) is 67.1. The van der Waals surface area contributed by atoms with Crippen LogP contribution in [0.15, 0.2) is 11.6 Å². The van der Waals surface area contributed by atoms with Gasteiger partial charge in [-0.3, -0.25) is 4.79 Å². The fourth-order valence-electron chi connectivity index (χ4n) is 17.6. The van der Waals surface area contributed by atoms with Gasteiger partial charge in [-0.15, -0.1) is 0 Å². The van der Waals surface area contributed by atoms with Crippen LogP contribution in [-0.4, -0.2) is 285 Å². The van der Waals surface area contributed by atoms with Crippen molar-refractivity contribution in [1.82, 2.24) is 0 Å². The number of allylic oxidation sites excluding steroid dienone is 2. The predicted molar refractivity (Wildman–Crippen MR) is 286 cm³/mol. The van der Waals surface area contributed by atoms with Crippen molar-refractivity contribution in [3.63, 3.8) is 0 Å². The molecule has 9 fully saturated rings. The molecule has 0 amide bonds. The Bertz CT molecular complexity index is 2410. The summed E-state index contributed by atoms with van der Waals surface area (Å²) >= 11 is 0. The topological polar surface area (TPSA) is 453 Å². The zero-order valence-electron chi connectivity index (χ0n) is 49.6. The molecule has 34 atom stereocenters. The van der Waals surface area contributed by atoms with E-state index in [1.165, 1.54) is 6.92 Å². The van der Waals surface area contributed by atoms with Gasteiger partial charge in [0, 0.05) is 5.41 Å². The Morgan fingerprint density at radius 3 is 1.77 bits per heavy atom. The van der Waals surface area contributed by atoms with Gasteiger partial charge in [0.05, 0.1) is 57.5 Å². The maximum Gasteiger partial charge on any atom is 0.317 e. The quantitative estimate of drug-likeness (QED) is 0.0466. The highest BCUT2D eigenvalue weighted by molar-refractivity contribution is 5.80. The molecule has 494 valence electrons. The van der Waals surface area contributed by atoms with Crippen molar-refractivity contribution in [2.75, 3.05) is 33.0 Å². The normalized spacial score (nSPS) is 55.6. The van der Waals surface area contributed by atoms with Gasteiger partial charge in [0.15, 0.2) is 31.3 Å². The molecule has 0 radical (unpaired) electrons. The van der Waals surface area contributed by atoms with Crippen LogP contribution in [0.2, 0.25) is 0 Å². The summed E-state index contributed by atoms with van der Waals surface area (Å²) in [7, 11) is 0. The van der Waals surface area contributed by atoms with Crippen LogP contribution in [0.4, 0.5) is 0 Å². The number of carbonyl (C=O) groups excluding carboxylic acids is 1. The Labute approximate surface area is 498 Å². The largest absolute Gasteiger partial charge is 0.432 e. The maximum absolute atomic E-state index is 15.4. The van der Waals surface area contributed by atoms with Crippen molar-refractivity contribution in [1.29, 1.82) is 0 Å². The molecule has 28 nitrogen and oxygen atoms in total. The van der Waals surface area contributed by atoms with E-state index in [1.807, 2.05) is 0 Å². The van der Waals surface area contributed by atoms with Crippen LogP contribution >= 0.6 is 0 Å². The van der Waals surface area contributed by atoms with Crippen LogP contribution in [0, 0.1) is 50.2 Å². The van der Waals surface area contributed by atoms with Gasteiger partial charge >= 0.3 is 5.97 Å². The van der Waals surface area contributed by atoms with Gasteiger partial charge in [-0.05, 0) is 97.7 Å². The lowest BCUT2D eigenvalue weighted by Gasteiger charge is -2.72. The standard InChI is InChI=1S/C58H94O28/c1-22-43(82-47-39(72)33(66)26(63)19-77-47)38(71)41(74)48(79-22)84-45-34(67)27(64)20-78-51(45)86-52(76)58-13-12-53(2,3)14-24(58)23-8-9-31-54(4)15-25(62)46(55(5,21-61)30(54)10-11-56(31,6)57(23,7)16-32(58)65)85-50-42(75)44(36(69)29(18-60)81-50)83-49-40(73)37(70)35(68)28(17-59)80-49/h8,22,24-51,59-75H,9-21H2,1-7H3/t22-,24-,25-,26+,27+,28+,29+,30?,31?,32+,33-,34+,35+,36+,37-,38-,39+,40+,41+,42+,43-,44-,45-,46-,47-,48-,49-,50-,51+,54-,55-,56+,57+,58+/m0/s1. The van der Waals surface area contributed by atoms with Crippen molar-refractivity contribution in [3.05, 3.63) is 11.6 Å². The number of aliphatic hydroxyl groups is 17. The first-order valence-corrected chi connectivity index (χ1v) is 30.4. The highest BCUT2D eigenvalue weighted by Crippen LogP contribution is 2.76. The van der Waals surface area contributed by atoms with Crippen LogP contribution in [0.5, 0.6) is 0 Å². The molecule has 17 N–H and O–H groups in total. The molecular weight excluding hydrogens is 1140 g/mol. The molecule has 86 heavy (non-hydrogen) atoms. The van der Waals surface area contributed by atoms with Gasteiger partial charge in [-0.1, -0.05) is 53.2 Å². The Morgan fingerprint density at radius 1 is 0.547 bits per heavy atom. The third-order valence-corrected chi connectivity index (χ3v) is 22.8. The smallest absolute Gasteiger partial charge is 0.317 e. The van der Waals surface area contributed by atoms with Crippen LogP contribution in [0.3, 0.4) is 0 Å². The monoisotopic (exact) mass is 1240 g/mol. The molecule has 5 aliphatic carbocycles. The van der Waals surface area contributed by atoms with E-state index in [2.05, 4.69) is 40.7 Å². The summed E-state index contributed by atoms with van der Waals surface area (Å²) in [4.78, 5) is 15.4. The van der Waals surface area contributed by atoms with E-state index in [9.17, 15) is 86.8 Å². The number of hydrogen-bond donors (Lipinski definition) is 17. The third-order valence-electron chi connectivity index (χ3n) is 22.8. The summed E-state index contributed by atoms with van der Waals surface area (Å²) in [5.41, 5.74) is -4.31. The number of hydrogen-bond acceptors (Lipinski definition) is 28. The maximum atomic E-state index is 15.4. The average molecular weight is 1240 g/mol. The van der Waals surface area contributed by atoms with Crippen molar-refractivity contribution >= 4 is 5.97 Å². The highest BCUT2D eigenvalue weighted by Gasteiger charge is 2.73. The van der Waals surface area contributed by atoms with Gasteiger partial charge in [-0.2, -0.15) is 0 Å². The second-order valence-electron chi connectivity index (χ2n) is 28.3. The predicted octanol–water partition coefficient (Wildman–Crippen LogP) is -4.99. The SMILES string of the molecule is C[C@@H]1O[C@@H](O[C@@H]2[C@@H](OC(=O)[C@]34CCC(C)(C)C[C@H]3C3=CCC5[C@@]6(C)C[C@H](O)[C@H](O[C@@H]7O[C@H](CO)[C@@H](O)[C@H](O[C@@H]8O[C@H](CO)[C@@H](O)[C@H](O)[C@H]8O)[C@H]7O)[C@@](C)(CO)C6CC[C@@]5(C)[C@]3(C)C[C@H]4O)OC[C@@H](O)[C@H]2O)[C@H](O)[C@H](O)[C@H]1O[C@@H]1OC[C@@H](O)[C@H](O)[C@H]1O. The summed E-state index contributed by atoms with van der Waals surface area (Å²) in [5.74, 6) is -2.01. The van der Waals surface area contributed by atoms with Crippen LogP contribution in [-0.2, 0) is 52.2 Å². The lowest BCUT2D eigenvalue weighted by molar-refractivity contribution is -0.375. The molecule has 10 aliphatic rings. The third kappa shape index (κ3) is 10.9. The first-order valence-electron chi connectivity index (χ1n) is 30.4. The Morgan fingerprint density at radius 2 is 1.12 bits per heavy atom. The molecule has 0 aromatic carbocycles. The Hall–Kier alpha value is -1.83. The number of fused-ring (bicyclic) bond motifs is 7. The van der Waals surface area contributed by atoms with E-state index in [0.717, 1.165) is 5.57 Å². The lowest BCUT2D eigenvalue weighted by atomic mass is 9.33. The van der Waals surface area contributed by atoms with Crippen molar-refractivity contribution in [2.24, 2.45) is 50.2 Å². The zero-order chi connectivity index (χ0) is 62.9. The minimum Gasteiger partial charge on any atom is -0.432 e. The molecule has 10 rings (SSSR count). The number of ether oxygens (including phenoxy) is 10. The van der Waals surface area contributed by atoms with Crippen molar-refractivity contribution < 1.29 is 139 Å². The van der Waals surface area contributed by atoms with E-state index >= 15 is 4.79 Å². The summed E-state index contributed by atoms with van der Waals surface area (Å²) in [6.45, 7) is 10.8. The molecule has 4 saturated carbocycles. The summed E-state index contributed by atoms with van der Waals surface area (Å²) in [5, 5.41) is 187. The molecule has 5 heterocycles. The van der Waals surface area contributed by atoms with E-state index < -0.39 is 232 Å². The van der Waals surface area contributed by atoms with Crippen LogP contribution in [0.1, 0.15) is 99.8 Å². The minimum atomic E-state index is -1.92. The molecule has 5 aliphatic heterocycles. The molecule has 5 saturated heterocycles. The number of aliphatic hydroxyl groups excluding tert-OH is 17.